The van der Waals surface area contributed by atoms with Crippen LogP contribution in [0.15, 0.2) is 33.7 Å². The maximum Gasteiger partial charge on any atom is 0.353 e. The Hall–Kier alpha value is -3.42. The van der Waals surface area contributed by atoms with Gasteiger partial charge in [-0.25, -0.2) is 14.0 Å². The minimum absolute atomic E-state index is 0.0690. The third-order valence-corrected chi connectivity index (χ3v) is 8.97. The lowest BCUT2D eigenvalue weighted by atomic mass is 9.92. The predicted molar refractivity (Wildman–Crippen MR) is 140 cm³/mol. The normalized spacial score (nSPS) is 23.6. The van der Waals surface area contributed by atoms with Crippen molar-refractivity contribution in [2.24, 2.45) is 5.92 Å². The van der Waals surface area contributed by atoms with Gasteiger partial charge in [0.25, 0.3) is 0 Å². The van der Waals surface area contributed by atoms with Crippen LogP contribution in [0.5, 0.6) is 0 Å². The lowest BCUT2D eigenvalue weighted by Crippen LogP contribution is -2.60. The van der Waals surface area contributed by atoms with Crippen LogP contribution in [-0.2, 0) is 14.3 Å². The number of carboxylic acid groups (broad SMARTS) is 1. The van der Waals surface area contributed by atoms with E-state index < -0.39 is 53.1 Å². The Kier molecular flexibility index (Phi) is 6.39. The monoisotopic (exact) mass is 558 g/mol. The van der Waals surface area contributed by atoms with Crippen molar-refractivity contribution in [2.45, 2.75) is 37.3 Å². The van der Waals surface area contributed by atoms with E-state index in [0.717, 1.165) is 42.6 Å². The average Bonchev–Trinajstić information content (AvgIpc) is 3.69. The Balaban J connectivity index is 1.30. The number of aliphatic hydroxyl groups is 1. The number of halogens is 1. The van der Waals surface area contributed by atoms with Crippen LogP contribution in [0.4, 0.5) is 10.1 Å². The smallest absolute Gasteiger partial charge is 0.353 e. The van der Waals surface area contributed by atoms with Gasteiger partial charge in [-0.15, -0.1) is 0 Å². The summed E-state index contributed by atoms with van der Waals surface area (Å²) in [7, 11) is 0. The van der Waals surface area contributed by atoms with E-state index in [1.54, 1.807) is 6.07 Å². The average molecular weight is 559 g/mol. The van der Waals surface area contributed by atoms with Gasteiger partial charge in [0.05, 0.1) is 28.1 Å². The predicted octanol–water partition coefficient (Wildman–Crippen LogP) is 1.25. The van der Waals surface area contributed by atoms with Crippen LogP contribution in [0.3, 0.4) is 0 Å². The highest BCUT2D eigenvalue weighted by molar-refractivity contribution is 8.04. The Labute approximate surface area is 226 Å². The molecule has 206 valence electrons. The van der Waals surface area contributed by atoms with Crippen LogP contribution in [0.1, 0.15) is 36.2 Å². The zero-order valence-electron chi connectivity index (χ0n) is 21.1. The highest BCUT2D eigenvalue weighted by Gasteiger charge is 2.57. The van der Waals surface area contributed by atoms with E-state index in [1.807, 2.05) is 9.47 Å². The molecule has 0 spiro atoms. The number of carbonyl (C=O) groups is 3. The number of nitrogens with one attached hydrogen (secondary N) is 1. The Morgan fingerprint density at radius 3 is 2.59 bits per heavy atom. The van der Waals surface area contributed by atoms with Gasteiger partial charge in [0.15, 0.2) is 0 Å². The minimum Gasteiger partial charge on any atom is -0.477 e. The molecule has 1 aliphatic carbocycles. The highest BCUT2D eigenvalue weighted by atomic mass is 32.2. The van der Waals surface area contributed by atoms with Crippen molar-refractivity contribution in [2.75, 3.05) is 37.7 Å². The van der Waals surface area contributed by atoms with Gasteiger partial charge in [-0.2, -0.15) is 0 Å². The quantitative estimate of drug-likeness (QED) is 0.336. The Morgan fingerprint density at radius 2 is 1.95 bits per heavy atom. The highest BCUT2D eigenvalue weighted by Crippen LogP contribution is 2.50. The van der Waals surface area contributed by atoms with E-state index in [2.05, 4.69) is 5.32 Å². The number of β-lactam (4-membered cyclic amide) rings is 1. The zero-order chi connectivity index (χ0) is 27.6. The number of benzene rings is 1. The summed E-state index contributed by atoms with van der Waals surface area (Å²) in [4.78, 5) is 53.9. The lowest BCUT2D eigenvalue weighted by molar-refractivity contribution is -0.156. The summed E-state index contributed by atoms with van der Waals surface area (Å²) in [6.07, 6.45) is 2.19. The number of ether oxygens (including phenoxy) is 1. The molecule has 3 atom stereocenters. The number of amides is 1. The van der Waals surface area contributed by atoms with Crippen molar-refractivity contribution in [1.82, 2.24) is 14.8 Å². The molecule has 39 heavy (non-hydrogen) atoms. The minimum atomic E-state index is -1.36. The van der Waals surface area contributed by atoms with Crippen molar-refractivity contribution in [3.05, 3.63) is 50.5 Å². The number of hydrogen-bond acceptors (Lipinski definition) is 9. The number of rotatable bonds is 7. The molecular weight excluding hydrogens is 531 g/mol. The van der Waals surface area contributed by atoms with Crippen molar-refractivity contribution >= 4 is 46.2 Å². The van der Waals surface area contributed by atoms with Crippen molar-refractivity contribution in [3.63, 3.8) is 0 Å². The largest absolute Gasteiger partial charge is 0.477 e. The van der Waals surface area contributed by atoms with Crippen LogP contribution in [-0.4, -0.2) is 81.8 Å². The third-order valence-electron chi connectivity index (χ3n) is 7.63. The summed E-state index contributed by atoms with van der Waals surface area (Å²) < 4.78 is 22.4. The molecule has 2 saturated heterocycles. The molecule has 13 heteroatoms. The standard InChI is InChI=1S/C26H27FN4O7S/c1-12(32)20-23(34)31-21(25(35)36)19(39-24(20)31)11-38-26(37)15-10-30(13-2-3-13)17-9-18(29-6-4-28-5-7-29)16(27)8-14(17)22(15)33/h8-10,12-13,20,24,28,32H,2-7,11H2,1H3,(H,35,36)/t12-,20-,24-/m1/s1. The first-order chi connectivity index (χ1) is 18.7. The number of carboxylic acids is 1. The fraction of sp³-hybridized carbons (Fsp3) is 0.462. The fourth-order valence-electron chi connectivity index (χ4n) is 5.47. The molecule has 1 aromatic carbocycles. The molecular formula is C26H27FN4O7S. The molecule has 11 nitrogen and oxygen atoms in total. The molecule has 6 rings (SSSR count). The summed E-state index contributed by atoms with van der Waals surface area (Å²) in [6.45, 7) is 3.71. The number of aromatic nitrogens is 1. The summed E-state index contributed by atoms with van der Waals surface area (Å²) in [6, 6.07) is 2.92. The molecule has 3 fully saturated rings. The van der Waals surface area contributed by atoms with Gasteiger partial charge in [0, 0.05) is 43.8 Å². The number of fused-ring (bicyclic) bond motifs is 2. The molecule has 0 radical (unpaired) electrons. The number of nitrogens with zero attached hydrogens (tertiary/aromatic N) is 3. The van der Waals surface area contributed by atoms with Gasteiger partial charge in [0.2, 0.25) is 11.3 Å². The fourth-order valence-corrected chi connectivity index (χ4v) is 6.99. The molecule has 1 aromatic heterocycles. The first-order valence-corrected chi connectivity index (χ1v) is 13.7. The van der Waals surface area contributed by atoms with Gasteiger partial charge in [-0.1, -0.05) is 11.8 Å². The number of hydrogen-bond donors (Lipinski definition) is 3. The summed E-state index contributed by atoms with van der Waals surface area (Å²) >= 11 is 1.04. The zero-order valence-corrected chi connectivity index (χ0v) is 21.9. The summed E-state index contributed by atoms with van der Waals surface area (Å²) in [5.74, 6) is -4.13. The van der Waals surface area contributed by atoms with Crippen molar-refractivity contribution < 1.29 is 33.7 Å². The van der Waals surface area contributed by atoms with Gasteiger partial charge in [-0.05, 0) is 31.9 Å². The van der Waals surface area contributed by atoms with E-state index in [-0.39, 0.29) is 27.6 Å². The number of pyridine rings is 1. The van der Waals surface area contributed by atoms with Gasteiger partial charge >= 0.3 is 11.9 Å². The van der Waals surface area contributed by atoms with Crippen LogP contribution >= 0.6 is 11.8 Å². The van der Waals surface area contributed by atoms with E-state index >= 15 is 4.39 Å². The van der Waals surface area contributed by atoms with Gasteiger partial charge < -0.3 is 29.7 Å². The van der Waals surface area contributed by atoms with E-state index in [4.69, 9.17) is 4.74 Å². The van der Waals surface area contributed by atoms with E-state index in [9.17, 15) is 29.4 Å². The van der Waals surface area contributed by atoms with Crippen LogP contribution < -0.4 is 15.6 Å². The topological polar surface area (TPSA) is 141 Å². The van der Waals surface area contributed by atoms with Crippen LogP contribution in [0, 0.1) is 11.7 Å². The maximum atomic E-state index is 15.2. The number of esters is 1. The molecule has 3 N–H and O–H groups in total. The second-order valence-electron chi connectivity index (χ2n) is 10.2. The number of aliphatic hydroxyl groups excluding tert-OH is 1. The van der Waals surface area contributed by atoms with Crippen molar-refractivity contribution in [1.29, 1.82) is 0 Å². The molecule has 1 amide bonds. The molecule has 4 heterocycles. The van der Waals surface area contributed by atoms with Crippen LogP contribution in [0.2, 0.25) is 0 Å². The third kappa shape index (κ3) is 4.28. The Morgan fingerprint density at radius 1 is 1.23 bits per heavy atom. The van der Waals surface area contributed by atoms with E-state index in [0.29, 0.717) is 24.3 Å². The molecule has 0 unspecified atom stereocenters. The number of piperazine rings is 1. The number of anilines is 1. The first-order valence-electron chi connectivity index (χ1n) is 12.8. The number of aliphatic carboxylic acids is 1. The molecule has 1 saturated carbocycles. The molecule has 2 aromatic rings. The number of thioether (sulfide) groups is 1. The van der Waals surface area contributed by atoms with Crippen molar-refractivity contribution in [3.8, 4) is 0 Å². The SMILES string of the molecule is C[C@@H](O)[C@@H]1C(=O)N2C(C(=O)O)=C(COC(=O)c3cn(C4CC4)c4cc(N5CCNCC5)c(F)cc4c3=O)S[C@H]12. The lowest BCUT2D eigenvalue weighted by Gasteiger charge is -2.43. The molecule has 0 bridgehead atoms. The summed E-state index contributed by atoms with van der Waals surface area (Å²) in [5.41, 5.74) is -0.281. The van der Waals surface area contributed by atoms with Gasteiger partial charge in [-0.3, -0.25) is 14.5 Å². The summed E-state index contributed by atoms with van der Waals surface area (Å²) in [5, 5.41) is 22.3. The van der Waals surface area contributed by atoms with Gasteiger partial charge in [0.1, 0.15) is 29.1 Å². The molecule has 4 aliphatic rings. The maximum absolute atomic E-state index is 15.2. The molecule has 3 aliphatic heterocycles. The van der Waals surface area contributed by atoms with Crippen LogP contribution in [0.25, 0.3) is 10.9 Å². The Bertz CT molecular complexity index is 1500. The second-order valence-corrected chi connectivity index (χ2v) is 11.4. The first kappa shape index (κ1) is 25.8. The number of carbonyl (C=O) groups excluding carboxylic acids is 2. The van der Waals surface area contributed by atoms with E-state index in [1.165, 1.54) is 19.2 Å². The second kappa shape index (κ2) is 9.65.